The number of hydrogen-bond acceptors (Lipinski definition) is 3. The van der Waals surface area contributed by atoms with Crippen molar-refractivity contribution in [3.05, 3.63) is 36.0 Å². The van der Waals surface area contributed by atoms with Crippen LogP contribution >= 0.6 is 12.6 Å². The zero-order chi connectivity index (χ0) is 10.7. The van der Waals surface area contributed by atoms with Crippen LogP contribution in [-0.4, -0.2) is 20.7 Å². The highest BCUT2D eigenvalue weighted by Crippen LogP contribution is 2.19. The van der Waals surface area contributed by atoms with Gasteiger partial charge in [-0.15, -0.1) is 0 Å². The summed E-state index contributed by atoms with van der Waals surface area (Å²) >= 11 is 4.19. The average molecular weight is 219 g/mol. The van der Waals surface area contributed by atoms with E-state index in [9.17, 15) is 0 Å². The molecule has 0 fully saturated rings. The van der Waals surface area contributed by atoms with E-state index >= 15 is 0 Å². The lowest BCUT2D eigenvalue weighted by Gasteiger charge is -1.95. The van der Waals surface area contributed by atoms with Crippen molar-refractivity contribution in [1.29, 1.82) is 0 Å². The van der Waals surface area contributed by atoms with Gasteiger partial charge in [-0.2, -0.15) is 12.6 Å². The Bertz CT molecular complexity index is 436. The Morgan fingerprint density at radius 1 is 1.47 bits per heavy atom. The fraction of sp³-hybridized carbons (Fsp3) is 0.273. The molecule has 0 bridgehead atoms. The van der Waals surface area contributed by atoms with Crippen LogP contribution in [-0.2, 0) is 6.42 Å². The number of aromatic nitrogens is 3. The van der Waals surface area contributed by atoms with Crippen molar-refractivity contribution in [1.82, 2.24) is 15.0 Å². The zero-order valence-corrected chi connectivity index (χ0v) is 9.46. The lowest BCUT2D eigenvalue weighted by atomic mass is 10.2. The van der Waals surface area contributed by atoms with Gasteiger partial charge in [0.25, 0.3) is 0 Å². The second-order valence-corrected chi connectivity index (χ2v) is 3.82. The van der Waals surface area contributed by atoms with E-state index < -0.39 is 0 Å². The van der Waals surface area contributed by atoms with Crippen molar-refractivity contribution in [2.75, 3.05) is 5.75 Å². The summed E-state index contributed by atoms with van der Waals surface area (Å²) in [7, 11) is 0. The summed E-state index contributed by atoms with van der Waals surface area (Å²) in [4.78, 5) is 11.9. The molecule has 15 heavy (non-hydrogen) atoms. The van der Waals surface area contributed by atoms with Gasteiger partial charge in [-0.25, -0.2) is 4.98 Å². The summed E-state index contributed by atoms with van der Waals surface area (Å²) in [5.41, 5.74) is 3.12. The number of H-pyrrole nitrogens is 1. The molecule has 2 rings (SSSR count). The molecule has 0 aliphatic rings. The number of nitrogens with one attached hydrogen (secondary N) is 1. The van der Waals surface area contributed by atoms with E-state index in [0.717, 1.165) is 34.9 Å². The number of rotatable bonds is 3. The van der Waals surface area contributed by atoms with Gasteiger partial charge in [-0.3, -0.25) is 4.98 Å². The summed E-state index contributed by atoms with van der Waals surface area (Å²) in [6.07, 6.45) is 4.46. The number of aryl methyl sites for hydroxylation is 2. The van der Waals surface area contributed by atoms with Crippen molar-refractivity contribution in [3.63, 3.8) is 0 Å². The average Bonchev–Trinajstić information content (AvgIpc) is 2.61. The Labute approximate surface area is 94.4 Å². The molecule has 0 spiro atoms. The summed E-state index contributed by atoms with van der Waals surface area (Å²) < 4.78 is 0. The summed E-state index contributed by atoms with van der Waals surface area (Å²) in [5.74, 6) is 1.79. The number of aromatic amines is 1. The van der Waals surface area contributed by atoms with Gasteiger partial charge in [0.15, 0.2) is 0 Å². The van der Waals surface area contributed by atoms with E-state index in [0.29, 0.717) is 0 Å². The second-order valence-electron chi connectivity index (χ2n) is 3.37. The Morgan fingerprint density at radius 2 is 2.33 bits per heavy atom. The van der Waals surface area contributed by atoms with E-state index in [4.69, 9.17) is 0 Å². The molecule has 0 amide bonds. The van der Waals surface area contributed by atoms with Crippen LogP contribution in [0.2, 0.25) is 0 Å². The number of thiol groups is 1. The van der Waals surface area contributed by atoms with Gasteiger partial charge < -0.3 is 4.98 Å². The lowest BCUT2D eigenvalue weighted by molar-refractivity contribution is 0.995. The van der Waals surface area contributed by atoms with E-state index in [-0.39, 0.29) is 0 Å². The molecule has 4 heteroatoms. The smallest absolute Gasteiger partial charge is 0.107 e. The predicted molar refractivity (Wildman–Crippen MR) is 64.1 cm³/mol. The maximum absolute atomic E-state index is 4.53. The van der Waals surface area contributed by atoms with Gasteiger partial charge in [0, 0.05) is 30.1 Å². The fourth-order valence-electron chi connectivity index (χ4n) is 1.53. The van der Waals surface area contributed by atoms with E-state index in [1.165, 1.54) is 0 Å². The van der Waals surface area contributed by atoms with Crippen molar-refractivity contribution in [2.24, 2.45) is 0 Å². The maximum Gasteiger partial charge on any atom is 0.107 e. The molecule has 78 valence electrons. The lowest BCUT2D eigenvalue weighted by Crippen LogP contribution is -1.88. The Hall–Kier alpha value is -1.29. The molecule has 0 radical (unpaired) electrons. The molecule has 0 aliphatic heterocycles. The minimum absolute atomic E-state index is 0.805. The van der Waals surface area contributed by atoms with Gasteiger partial charge >= 0.3 is 0 Å². The quantitative estimate of drug-likeness (QED) is 0.777. The number of nitrogens with zero attached hydrogens (tertiary/aromatic N) is 2. The topological polar surface area (TPSA) is 41.6 Å². The fourth-order valence-corrected chi connectivity index (χ4v) is 1.74. The molecule has 0 saturated carbocycles. The number of imidazole rings is 1. The van der Waals surface area contributed by atoms with Crippen LogP contribution in [0.5, 0.6) is 0 Å². The molecule has 0 unspecified atom stereocenters. The predicted octanol–water partition coefficient (Wildman–Crippen LogP) is 2.25. The molecule has 0 aromatic carbocycles. The van der Waals surface area contributed by atoms with E-state index in [1.54, 1.807) is 6.20 Å². The highest BCUT2D eigenvalue weighted by molar-refractivity contribution is 7.80. The first-order valence-electron chi connectivity index (χ1n) is 4.88. The molecular weight excluding hydrogens is 206 g/mol. The van der Waals surface area contributed by atoms with Crippen molar-refractivity contribution in [3.8, 4) is 11.3 Å². The normalized spacial score (nSPS) is 10.5. The summed E-state index contributed by atoms with van der Waals surface area (Å²) in [6.45, 7) is 2.03. The highest BCUT2D eigenvalue weighted by atomic mass is 32.1. The van der Waals surface area contributed by atoms with Crippen molar-refractivity contribution in [2.45, 2.75) is 13.3 Å². The first-order chi connectivity index (χ1) is 7.31. The molecule has 0 atom stereocenters. The van der Waals surface area contributed by atoms with Crippen LogP contribution in [0.1, 0.15) is 11.5 Å². The molecule has 1 N–H and O–H groups in total. The summed E-state index contributed by atoms with van der Waals surface area (Å²) in [5, 5.41) is 0. The minimum Gasteiger partial charge on any atom is -0.346 e. The number of pyridine rings is 1. The Kier molecular flexibility index (Phi) is 3.06. The van der Waals surface area contributed by atoms with Crippen molar-refractivity contribution >= 4 is 12.6 Å². The molecule has 2 aromatic rings. The first-order valence-corrected chi connectivity index (χ1v) is 5.51. The van der Waals surface area contributed by atoms with Crippen molar-refractivity contribution < 1.29 is 0 Å². The standard InChI is InChI=1S/C11H13N3S/c1-8-11(9-3-2-5-12-7-9)14-10(13-8)4-6-15/h2-3,5,7,15H,4,6H2,1H3,(H,13,14). The summed E-state index contributed by atoms with van der Waals surface area (Å²) in [6, 6.07) is 3.93. The van der Waals surface area contributed by atoms with Crippen LogP contribution in [0.3, 0.4) is 0 Å². The van der Waals surface area contributed by atoms with Gasteiger partial charge in [0.1, 0.15) is 5.82 Å². The SMILES string of the molecule is Cc1[nH]c(CCS)nc1-c1cccnc1. The number of hydrogen-bond donors (Lipinski definition) is 2. The van der Waals surface area contributed by atoms with Gasteiger partial charge in [-0.05, 0) is 24.8 Å². The molecule has 2 heterocycles. The monoisotopic (exact) mass is 219 g/mol. The third-order valence-electron chi connectivity index (χ3n) is 2.22. The molecule has 0 aliphatic carbocycles. The Morgan fingerprint density at radius 3 is 3.00 bits per heavy atom. The molecule has 0 saturated heterocycles. The second kappa shape index (κ2) is 4.49. The van der Waals surface area contributed by atoms with Gasteiger partial charge in [-0.1, -0.05) is 0 Å². The maximum atomic E-state index is 4.53. The van der Waals surface area contributed by atoms with Crippen LogP contribution in [0.4, 0.5) is 0 Å². The Balaban J connectivity index is 2.36. The molecule has 3 nitrogen and oxygen atoms in total. The molecule has 2 aromatic heterocycles. The third kappa shape index (κ3) is 2.21. The van der Waals surface area contributed by atoms with E-state index in [1.807, 2.05) is 25.3 Å². The largest absolute Gasteiger partial charge is 0.346 e. The van der Waals surface area contributed by atoms with Crippen LogP contribution in [0.25, 0.3) is 11.3 Å². The van der Waals surface area contributed by atoms with Crippen LogP contribution in [0.15, 0.2) is 24.5 Å². The van der Waals surface area contributed by atoms with Gasteiger partial charge in [0.05, 0.1) is 5.69 Å². The minimum atomic E-state index is 0.805. The zero-order valence-electron chi connectivity index (χ0n) is 8.57. The third-order valence-corrected chi connectivity index (χ3v) is 2.44. The highest BCUT2D eigenvalue weighted by Gasteiger charge is 2.07. The molecular formula is C11H13N3S. The van der Waals surface area contributed by atoms with Crippen LogP contribution in [0, 0.1) is 6.92 Å². The first kappa shape index (κ1) is 10.2. The van der Waals surface area contributed by atoms with Gasteiger partial charge in [0.2, 0.25) is 0 Å². The van der Waals surface area contributed by atoms with E-state index in [2.05, 4.69) is 27.6 Å². The van der Waals surface area contributed by atoms with Crippen LogP contribution < -0.4 is 0 Å².